The standard InChI is InChI=1S/C38H44FN3O6S2/c1-37(18-19-37)50(46,47)41-35(45)38-22-27(38)13-9-4-2-3-8-12-26(15-14-25-10-6-5-7-11-25)34(44)42-24-29(21-31(42)32(43)23-38)48-36-40-30-17-16-28(39)20-33(30)49-36/h5-7,9-11,13,16-17,20,26-27,29,31H,2-4,8,12,14-15,18-19,21-24H2,1H3,(H,41,45)/b13-9-/t26-,27+,29-,31+,38-/m1/s1. The van der Waals surface area contributed by atoms with E-state index in [1.54, 1.807) is 17.9 Å². The van der Waals surface area contributed by atoms with Crippen molar-refractivity contribution in [2.75, 3.05) is 6.54 Å². The topological polar surface area (TPSA) is 123 Å². The molecule has 1 N–H and O–H groups in total. The minimum atomic E-state index is -3.90. The molecule has 0 bridgehead atoms. The molecule has 0 spiro atoms. The molecular weight excluding hydrogens is 678 g/mol. The number of benzene rings is 2. The molecule has 4 aliphatic rings. The Morgan fingerprint density at radius 3 is 2.70 bits per heavy atom. The van der Waals surface area contributed by atoms with Crippen LogP contribution in [0.5, 0.6) is 5.19 Å². The summed E-state index contributed by atoms with van der Waals surface area (Å²) in [5, 5.41) is 0.334. The van der Waals surface area contributed by atoms with Gasteiger partial charge in [-0.3, -0.25) is 19.1 Å². The van der Waals surface area contributed by atoms with Gasteiger partial charge in [0.1, 0.15) is 11.9 Å². The first-order valence-electron chi connectivity index (χ1n) is 17.8. The minimum absolute atomic E-state index is 0.0974. The van der Waals surface area contributed by atoms with Gasteiger partial charge in [-0.05, 0) is 88.0 Å². The lowest BCUT2D eigenvalue weighted by molar-refractivity contribution is -0.142. The highest BCUT2D eigenvalue weighted by atomic mass is 32.2. The summed E-state index contributed by atoms with van der Waals surface area (Å²) in [6, 6.07) is 13.5. The first kappa shape index (κ1) is 34.8. The number of hydrogen-bond donors (Lipinski definition) is 1. The molecule has 3 heterocycles. The summed E-state index contributed by atoms with van der Waals surface area (Å²) in [5.41, 5.74) is 0.554. The number of thiazole rings is 1. The number of fused-ring (bicyclic) bond motifs is 3. The molecule has 7 rings (SSSR count). The second-order valence-corrected chi connectivity index (χ2v) is 18.0. The molecule has 1 saturated heterocycles. The van der Waals surface area contributed by atoms with Crippen LogP contribution in [-0.2, 0) is 30.8 Å². The first-order chi connectivity index (χ1) is 24.0. The van der Waals surface area contributed by atoms with Crippen molar-refractivity contribution in [1.29, 1.82) is 0 Å². The molecule has 2 aliphatic heterocycles. The number of allylic oxidation sites excluding steroid dienone is 2. The van der Waals surface area contributed by atoms with Gasteiger partial charge in [-0.2, -0.15) is 0 Å². The number of sulfonamides is 1. The third-order valence-electron chi connectivity index (χ3n) is 11.2. The number of Topliss-reactive ketones (excluding diaryl/α,β-unsaturated/α-hetero) is 1. The van der Waals surface area contributed by atoms with Crippen LogP contribution in [0, 0.1) is 23.1 Å². The molecule has 3 aromatic rings. The van der Waals surface area contributed by atoms with Gasteiger partial charge < -0.3 is 9.64 Å². The molecule has 2 saturated carbocycles. The summed E-state index contributed by atoms with van der Waals surface area (Å²) in [6.45, 7) is 1.81. The summed E-state index contributed by atoms with van der Waals surface area (Å²) in [7, 11) is -3.90. The van der Waals surface area contributed by atoms with E-state index in [-0.39, 0.29) is 48.7 Å². The fraction of sp³-hybridized carbons (Fsp3) is 0.526. The lowest BCUT2D eigenvalue weighted by atomic mass is 9.90. The van der Waals surface area contributed by atoms with Crippen LogP contribution in [-0.4, -0.2) is 59.3 Å². The maximum atomic E-state index is 14.5. The third-order valence-corrected chi connectivity index (χ3v) is 14.3. The number of halogens is 1. The predicted octanol–water partition coefficient (Wildman–Crippen LogP) is 6.52. The number of aryl methyl sites for hydroxylation is 1. The van der Waals surface area contributed by atoms with Crippen molar-refractivity contribution in [1.82, 2.24) is 14.6 Å². The number of rotatable bonds is 8. The van der Waals surface area contributed by atoms with Crippen molar-refractivity contribution in [3.05, 3.63) is 72.1 Å². The van der Waals surface area contributed by atoms with E-state index < -0.39 is 38.2 Å². The molecular formula is C38H44FN3O6S2. The molecule has 1 aromatic heterocycles. The van der Waals surface area contributed by atoms with E-state index in [0.29, 0.717) is 47.5 Å². The normalized spacial score (nSPS) is 29.0. The molecule has 5 atom stereocenters. The van der Waals surface area contributed by atoms with E-state index >= 15 is 0 Å². The van der Waals surface area contributed by atoms with Crippen LogP contribution in [0.2, 0.25) is 0 Å². The Kier molecular flexibility index (Phi) is 9.62. The number of ketones is 1. The van der Waals surface area contributed by atoms with Gasteiger partial charge in [0, 0.05) is 18.8 Å². The fourth-order valence-electron chi connectivity index (χ4n) is 7.55. The zero-order valence-corrected chi connectivity index (χ0v) is 29.9. The molecule has 3 fully saturated rings. The van der Waals surface area contributed by atoms with Crippen LogP contribution in [0.1, 0.15) is 83.1 Å². The Bertz CT molecular complexity index is 1910. The lowest BCUT2D eigenvalue weighted by Crippen LogP contribution is -2.47. The number of ether oxygens (including phenoxy) is 1. The van der Waals surface area contributed by atoms with Gasteiger partial charge in [0.15, 0.2) is 5.78 Å². The molecule has 2 amide bonds. The van der Waals surface area contributed by atoms with Crippen molar-refractivity contribution < 1.29 is 31.9 Å². The molecule has 50 heavy (non-hydrogen) atoms. The molecule has 9 nitrogen and oxygen atoms in total. The minimum Gasteiger partial charge on any atom is -0.465 e. The quantitative estimate of drug-likeness (QED) is 0.263. The summed E-state index contributed by atoms with van der Waals surface area (Å²) >= 11 is 1.21. The monoisotopic (exact) mass is 721 g/mol. The fourth-order valence-corrected chi connectivity index (χ4v) is 9.79. The predicted molar refractivity (Wildman–Crippen MR) is 189 cm³/mol. The molecule has 2 aliphatic carbocycles. The van der Waals surface area contributed by atoms with Gasteiger partial charge in [0.05, 0.1) is 33.0 Å². The van der Waals surface area contributed by atoms with Crippen LogP contribution < -0.4 is 9.46 Å². The number of aromatic nitrogens is 1. The van der Waals surface area contributed by atoms with Crippen LogP contribution in [0.3, 0.4) is 0 Å². The van der Waals surface area contributed by atoms with Gasteiger partial charge in [-0.25, -0.2) is 17.8 Å². The summed E-state index contributed by atoms with van der Waals surface area (Å²) < 4.78 is 48.4. The molecule has 266 valence electrons. The smallest absolute Gasteiger partial charge is 0.274 e. The van der Waals surface area contributed by atoms with E-state index in [1.807, 2.05) is 30.4 Å². The second-order valence-electron chi connectivity index (χ2n) is 14.9. The van der Waals surface area contributed by atoms with E-state index in [1.165, 1.54) is 23.5 Å². The largest absolute Gasteiger partial charge is 0.465 e. The molecule has 0 unspecified atom stereocenters. The summed E-state index contributed by atoms with van der Waals surface area (Å²) in [6.07, 6.45) is 10.5. The van der Waals surface area contributed by atoms with Crippen molar-refractivity contribution >= 4 is 49.2 Å². The van der Waals surface area contributed by atoms with Crippen molar-refractivity contribution in [2.45, 2.75) is 101 Å². The SMILES string of the molecule is CC1(S(=O)(=O)NC(=O)[C@]23CC(=O)[C@@H]4C[C@@H](Oc5nc6ccc(F)cc6s5)CN4C(=O)[C@@H](CCc4ccccc4)CCCCC/C=C\[C@H]2C3)CC1. The van der Waals surface area contributed by atoms with E-state index in [2.05, 4.69) is 21.8 Å². The van der Waals surface area contributed by atoms with Gasteiger partial charge in [-0.1, -0.05) is 66.7 Å². The number of amides is 2. The zero-order chi connectivity index (χ0) is 35.1. The lowest BCUT2D eigenvalue weighted by Gasteiger charge is -2.29. The number of nitrogens with zero attached hydrogens (tertiary/aromatic N) is 2. The van der Waals surface area contributed by atoms with E-state index in [9.17, 15) is 27.2 Å². The van der Waals surface area contributed by atoms with Gasteiger partial charge in [0.2, 0.25) is 21.8 Å². The highest BCUT2D eigenvalue weighted by Crippen LogP contribution is 2.57. The van der Waals surface area contributed by atoms with E-state index in [4.69, 9.17) is 4.74 Å². The van der Waals surface area contributed by atoms with Crippen molar-refractivity contribution in [3.63, 3.8) is 0 Å². The van der Waals surface area contributed by atoms with Crippen LogP contribution in [0.4, 0.5) is 4.39 Å². The Hall–Kier alpha value is -3.64. The van der Waals surface area contributed by atoms with Gasteiger partial charge >= 0.3 is 0 Å². The Morgan fingerprint density at radius 2 is 1.92 bits per heavy atom. The van der Waals surface area contributed by atoms with Crippen molar-refractivity contribution in [2.24, 2.45) is 17.3 Å². The highest BCUT2D eigenvalue weighted by Gasteiger charge is 2.62. The van der Waals surface area contributed by atoms with E-state index in [0.717, 1.165) is 37.7 Å². The molecule has 12 heteroatoms. The third kappa shape index (κ3) is 7.24. The average Bonchev–Trinajstić information content (AvgIpc) is 3.90. The zero-order valence-electron chi connectivity index (χ0n) is 28.3. The molecule has 2 aromatic carbocycles. The van der Waals surface area contributed by atoms with Crippen molar-refractivity contribution in [3.8, 4) is 5.19 Å². The number of carbonyl (C=O) groups is 3. The first-order valence-corrected chi connectivity index (χ1v) is 20.1. The Balaban J connectivity index is 1.17. The average molecular weight is 722 g/mol. The number of hydrogen-bond acceptors (Lipinski definition) is 8. The number of carbonyl (C=O) groups excluding carboxylic acids is 3. The maximum Gasteiger partial charge on any atom is 0.274 e. The van der Waals surface area contributed by atoms with Gasteiger partial charge in [-0.15, -0.1) is 0 Å². The van der Waals surface area contributed by atoms with Crippen LogP contribution >= 0.6 is 11.3 Å². The van der Waals surface area contributed by atoms with Gasteiger partial charge in [0.25, 0.3) is 5.19 Å². The Morgan fingerprint density at radius 1 is 1.12 bits per heavy atom. The van der Waals surface area contributed by atoms with Crippen LogP contribution in [0.25, 0.3) is 10.2 Å². The summed E-state index contributed by atoms with van der Waals surface area (Å²) in [5.74, 6) is -1.94. The second kappa shape index (κ2) is 13.8. The van der Waals surface area contributed by atoms with Crippen LogP contribution in [0.15, 0.2) is 60.7 Å². The number of nitrogens with one attached hydrogen (secondary N) is 1. The maximum absolute atomic E-state index is 14.5. The highest BCUT2D eigenvalue weighted by molar-refractivity contribution is 7.91. The molecule has 0 radical (unpaired) electrons. The Labute approximate surface area is 296 Å². The summed E-state index contributed by atoms with van der Waals surface area (Å²) in [4.78, 5) is 48.9.